The Hall–Kier alpha value is -1.75. The highest BCUT2D eigenvalue weighted by molar-refractivity contribution is 5.70. The second-order valence-corrected chi connectivity index (χ2v) is 6.86. The van der Waals surface area contributed by atoms with Gasteiger partial charge in [-0.05, 0) is 14.1 Å². The smallest absolute Gasteiger partial charge is 0.359 e. The van der Waals surface area contributed by atoms with Crippen molar-refractivity contribution in [3.8, 4) is 0 Å². The van der Waals surface area contributed by atoms with E-state index < -0.39 is 17.9 Å². The summed E-state index contributed by atoms with van der Waals surface area (Å²) < 4.78 is -0.102. The van der Waals surface area contributed by atoms with E-state index in [1.54, 1.807) is 4.90 Å². The van der Waals surface area contributed by atoms with E-state index in [-0.39, 0.29) is 30.7 Å². The van der Waals surface area contributed by atoms with Crippen LogP contribution in [0.4, 0.5) is 0 Å². The molecule has 0 saturated carbocycles. The average molecular weight is 361 g/mol. The molecule has 3 N–H and O–H groups in total. The van der Waals surface area contributed by atoms with Crippen LogP contribution in [0.1, 0.15) is 0 Å². The van der Waals surface area contributed by atoms with Crippen molar-refractivity contribution in [1.82, 2.24) is 14.7 Å². The summed E-state index contributed by atoms with van der Waals surface area (Å²) in [4.78, 5) is 39.5. The lowest BCUT2D eigenvalue weighted by atomic mass is 10.2. The standard InChI is InChI=1S/C15H28N4O6/c1-16-3-4-17(2)12-18(9-13(20)21)6-8-19(7-5-16,10-14(22)23)11-15(24)25/h3-12H2,1-2H3,(H2-,20,21,22,23,24,25)/p+1. The number of carboxylic acids is 3. The van der Waals surface area contributed by atoms with Gasteiger partial charge in [0.05, 0.1) is 26.3 Å². The molecule has 0 spiro atoms. The van der Waals surface area contributed by atoms with Crippen LogP contribution in [-0.4, -0.2) is 132 Å². The topological polar surface area (TPSA) is 122 Å². The van der Waals surface area contributed by atoms with Crippen molar-refractivity contribution in [2.45, 2.75) is 0 Å². The van der Waals surface area contributed by atoms with Gasteiger partial charge >= 0.3 is 17.9 Å². The fourth-order valence-corrected chi connectivity index (χ4v) is 3.05. The van der Waals surface area contributed by atoms with Crippen molar-refractivity contribution >= 4 is 17.9 Å². The van der Waals surface area contributed by atoms with Gasteiger partial charge < -0.3 is 19.8 Å². The molecule has 144 valence electrons. The maximum atomic E-state index is 11.3. The Balaban J connectivity index is 3.04. The van der Waals surface area contributed by atoms with Crippen molar-refractivity contribution in [3.63, 3.8) is 0 Å². The predicted molar refractivity (Wildman–Crippen MR) is 89.2 cm³/mol. The van der Waals surface area contributed by atoms with E-state index in [2.05, 4.69) is 0 Å². The molecule has 0 radical (unpaired) electrons. The van der Waals surface area contributed by atoms with Crippen molar-refractivity contribution in [1.29, 1.82) is 0 Å². The third-order valence-corrected chi connectivity index (χ3v) is 4.45. The first-order valence-corrected chi connectivity index (χ1v) is 8.22. The SMILES string of the molecule is CN1CCN(C)CN(CC(=O)O)CC[N+](CC(=O)O)(CC(=O)O)CC1. The molecule has 0 aliphatic carbocycles. The fraction of sp³-hybridized carbons (Fsp3) is 0.800. The first-order valence-electron chi connectivity index (χ1n) is 8.22. The van der Waals surface area contributed by atoms with Crippen LogP contribution in [0, 0.1) is 0 Å². The van der Waals surface area contributed by atoms with Crippen molar-refractivity contribution < 1.29 is 34.2 Å². The van der Waals surface area contributed by atoms with Crippen LogP contribution in [0.3, 0.4) is 0 Å². The minimum absolute atomic E-state index is 0.102. The quantitative estimate of drug-likeness (QED) is 0.470. The summed E-state index contributed by atoms with van der Waals surface area (Å²) in [5.74, 6) is -3.07. The Morgan fingerprint density at radius 2 is 1.32 bits per heavy atom. The molecule has 1 heterocycles. The molecule has 1 aliphatic rings. The zero-order valence-corrected chi connectivity index (χ0v) is 14.9. The molecule has 0 atom stereocenters. The largest absolute Gasteiger partial charge is 0.480 e. The summed E-state index contributed by atoms with van der Waals surface area (Å²) in [7, 11) is 3.81. The second-order valence-electron chi connectivity index (χ2n) is 6.86. The zero-order valence-electron chi connectivity index (χ0n) is 14.9. The zero-order chi connectivity index (χ0) is 19.0. The van der Waals surface area contributed by atoms with Crippen LogP contribution in [0.5, 0.6) is 0 Å². The molecule has 25 heavy (non-hydrogen) atoms. The summed E-state index contributed by atoms with van der Waals surface area (Å²) in [6, 6.07) is 0. The van der Waals surface area contributed by atoms with Gasteiger partial charge in [0.2, 0.25) is 0 Å². The number of likely N-dealkylation sites (N-methyl/N-ethyl adjacent to an activating group) is 2. The van der Waals surface area contributed by atoms with Gasteiger partial charge in [0.1, 0.15) is 0 Å². The predicted octanol–water partition coefficient (Wildman–Crippen LogP) is -1.81. The highest BCUT2D eigenvalue weighted by Crippen LogP contribution is 2.10. The number of aliphatic carboxylic acids is 3. The molecular weight excluding hydrogens is 332 g/mol. The van der Waals surface area contributed by atoms with Gasteiger partial charge in [-0.3, -0.25) is 19.5 Å². The van der Waals surface area contributed by atoms with E-state index >= 15 is 0 Å². The highest BCUT2D eigenvalue weighted by Gasteiger charge is 2.34. The van der Waals surface area contributed by atoms with Gasteiger partial charge in [-0.1, -0.05) is 0 Å². The molecule has 1 saturated heterocycles. The van der Waals surface area contributed by atoms with Crippen molar-refractivity contribution in [3.05, 3.63) is 0 Å². The fourth-order valence-electron chi connectivity index (χ4n) is 3.05. The number of hydrogen-bond donors (Lipinski definition) is 3. The van der Waals surface area contributed by atoms with E-state index in [4.69, 9.17) is 5.11 Å². The number of carboxylic acid groups (broad SMARTS) is 3. The number of nitrogens with zero attached hydrogens (tertiary/aromatic N) is 4. The van der Waals surface area contributed by atoms with Gasteiger partial charge in [0.15, 0.2) is 13.1 Å². The Morgan fingerprint density at radius 3 is 1.84 bits per heavy atom. The molecule has 1 rings (SSSR count). The van der Waals surface area contributed by atoms with Crippen molar-refractivity contribution in [2.24, 2.45) is 0 Å². The summed E-state index contributed by atoms with van der Waals surface area (Å²) in [5, 5.41) is 27.6. The van der Waals surface area contributed by atoms with Gasteiger partial charge in [0, 0.05) is 26.2 Å². The Bertz CT molecular complexity index is 471. The number of carbonyl (C=O) groups is 3. The molecule has 0 amide bonds. The first-order chi connectivity index (χ1) is 11.6. The van der Waals surface area contributed by atoms with Crippen LogP contribution < -0.4 is 0 Å². The molecule has 0 bridgehead atoms. The molecule has 0 aromatic rings. The second kappa shape index (κ2) is 9.66. The number of rotatable bonds is 6. The third-order valence-electron chi connectivity index (χ3n) is 4.45. The van der Waals surface area contributed by atoms with E-state index in [1.165, 1.54) is 0 Å². The molecule has 0 unspecified atom stereocenters. The number of quaternary nitrogens is 1. The van der Waals surface area contributed by atoms with E-state index in [1.807, 2.05) is 23.9 Å². The van der Waals surface area contributed by atoms with Crippen LogP contribution in [-0.2, 0) is 14.4 Å². The Labute approximate surface area is 147 Å². The van der Waals surface area contributed by atoms with E-state index in [0.29, 0.717) is 26.3 Å². The minimum atomic E-state index is -1.05. The lowest BCUT2D eigenvalue weighted by Gasteiger charge is -2.38. The molecule has 1 fully saturated rings. The summed E-state index contributed by atoms with van der Waals surface area (Å²) in [6.07, 6.45) is 0. The van der Waals surface area contributed by atoms with Gasteiger partial charge in [-0.15, -0.1) is 0 Å². The first kappa shape index (κ1) is 21.3. The lowest BCUT2D eigenvalue weighted by Crippen LogP contribution is -2.59. The molecule has 10 heteroatoms. The monoisotopic (exact) mass is 361 g/mol. The van der Waals surface area contributed by atoms with Crippen LogP contribution in [0.25, 0.3) is 0 Å². The van der Waals surface area contributed by atoms with Crippen LogP contribution in [0.15, 0.2) is 0 Å². The highest BCUT2D eigenvalue weighted by atomic mass is 16.4. The summed E-state index contributed by atoms with van der Waals surface area (Å²) in [6.45, 7) is 2.71. The maximum absolute atomic E-state index is 11.3. The van der Waals surface area contributed by atoms with Gasteiger partial charge in [0.25, 0.3) is 0 Å². The average Bonchev–Trinajstić information content (AvgIpc) is 2.48. The molecular formula is C15H29N4O6+. The van der Waals surface area contributed by atoms with E-state index in [0.717, 1.165) is 13.1 Å². The Morgan fingerprint density at radius 1 is 0.800 bits per heavy atom. The maximum Gasteiger partial charge on any atom is 0.359 e. The molecule has 1 aliphatic heterocycles. The van der Waals surface area contributed by atoms with E-state index in [9.17, 15) is 24.6 Å². The third kappa shape index (κ3) is 8.25. The van der Waals surface area contributed by atoms with Crippen molar-refractivity contribution in [2.75, 3.05) is 79.7 Å². The van der Waals surface area contributed by atoms with Crippen LogP contribution in [0.2, 0.25) is 0 Å². The van der Waals surface area contributed by atoms with Crippen LogP contribution >= 0.6 is 0 Å². The minimum Gasteiger partial charge on any atom is -0.480 e. The molecule has 0 aromatic heterocycles. The van der Waals surface area contributed by atoms with Gasteiger partial charge in [-0.25, -0.2) is 9.59 Å². The normalized spacial score (nSPS) is 21.4. The molecule has 0 aromatic carbocycles. The molecule has 10 nitrogen and oxygen atoms in total. The summed E-state index contributed by atoms with van der Waals surface area (Å²) >= 11 is 0. The van der Waals surface area contributed by atoms with Gasteiger partial charge in [-0.2, -0.15) is 0 Å². The number of hydrogen-bond acceptors (Lipinski definition) is 6. The Kier molecular flexibility index (Phi) is 8.23. The lowest BCUT2D eigenvalue weighted by molar-refractivity contribution is -0.913. The summed E-state index contributed by atoms with van der Waals surface area (Å²) in [5.41, 5.74) is 0.